The third kappa shape index (κ3) is 3.80. The van der Waals surface area contributed by atoms with E-state index >= 15 is 0 Å². The van der Waals surface area contributed by atoms with Gasteiger partial charge in [0.2, 0.25) is 0 Å². The van der Waals surface area contributed by atoms with Crippen molar-refractivity contribution in [1.82, 2.24) is 0 Å². The molecule has 0 aliphatic carbocycles. The lowest BCUT2D eigenvalue weighted by Gasteiger charge is -2.21. The van der Waals surface area contributed by atoms with Gasteiger partial charge in [-0.2, -0.15) is 5.26 Å². The number of nitriles is 1. The first-order valence-electron chi connectivity index (χ1n) is 4.25. The lowest BCUT2D eigenvalue weighted by molar-refractivity contribution is -0.134. The van der Waals surface area contributed by atoms with Crippen LogP contribution in [0, 0.1) is 16.7 Å². The lowest BCUT2D eigenvalue weighted by atomic mass is 9.82. The topological polar surface area (TPSA) is 98.4 Å². The molecule has 0 aliphatic rings. The number of allylic oxidation sites excluding steroid dienone is 3. The van der Waals surface area contributed by atoms with Crippen molar-refractivity contribution in [2.45, 2.75) is 6.92 Å². The predicted octanol–water partition coefficient (Wildman–Crippen LogP) is 1.35. The number of rotatable bonds is 5. The Kier molecular flexibility index (Phi) is 4.70. The minimum atomic E-state index is -1.25. The van der Waals surface area contributed by atoms with Crippen LogP contribution in [0.15, 0.2) is 36.5 Å². The van der Waals surface area contributed by atoms with E-state index in [0.717, 1.165) is 12.2 Å². The standard InChI is InChI=1S/C11H11NO4/c1-8(10(15)16)11(2,5-3-7-12)6-4-9(13)14/h3-6H,1H2,2H3,(H,13,14)(H,15,16). The van der Waals surface area contributed by atoms with Gasteiger partial charge in [-0.25, -0.2) is 9.59 Å². The van der Waals surface area contributed by atoms with Gasteiger partial charge in [-0.1, -0.05) is 18.7 Å². The SMILES string of the molecule is C=C(C(=O)O)C(C)(C=CC#N)C=CC(=O)O. The summed E-state index contributed by atoms with van der Waals surface area (Å²) in [5.41, 5.74) is -1.41. The molecule has 0 saturated carbocycles. The first-order valence-corrected chi connectivity index (χ1v) is 4.25. The largest absolute Gasteiger partial charge is 0.478 e. The van der Waals surface area contributed by atoms with Crippen molar-refractivity contribution < 1.29 is 19.8 Å². The zero-order chi connectivity index (χ0) is 12.8. The van der Waals surface area contributed by atoms with Crippen molar-refractivity contribution in [3.63, 3.8) is 0 Å². The fourth-order valence-electron chi connectivity index (χ4n) is 0.942. The number of carbonyl (C=O) groups is 2. The molecule has 0 fully saturated rings. The number of aliphatic carboxylic acids is 2. The van der Waals surface area contributed by atoms with Crippen LogP contribution in [-0.4, -0.2) is 22.2 Å². The summed E-state index contributed by atoms with van der Waals surface area (Å²) < 4.78 is 0. The molecule has 0 spiro atoms. The molecule has 0 rings (SSSR count). The Bertz CT molecular complexity index is 414. The summed E-state index contributed by atoms with van der Waals surface area (Å²) in [6.07, 6.45) is 4.35. The van der Waals surface area contributed by atoms with E-state index in [0.29, 0.717) is 0 Å². The Morgan fingerprint density at radius 3 is 2.31 bits per heavy atom. The summed E-state index contributed by atoms with van der Waals surface area (Å²) in [7, 11) is 0. The fraction of sp³-hybridized carbons (Fsp3) is 0.182. The summed E-state index contributed by atoms with van der Waals surface area (Å²) in [4.78, 5) is 21.1. The Morgan fingerprint density at radius 2 is 1.94 bits per heavy atom. The van der Waals surface area contributed by atoms with E-state index in [1.54, 1.807) is 6.07 Å². The van der Waals surface area contributed by atoms with Gasteiger partial charge in [0.05, 0.1) is 6.07 Å². The van der Waals surface area contributed by atoms with Gasteiger partial charge in [0, 0.05) is 23.1 Å². The van der Waals surface area contributed by atoms with Gasteiger partial charge in [-0.3, -0.25) is 0 Å². The molecule has 0 heterocycles. The van der Waals surface area contributed by atoms with Crippen LogP contribution in [-0.2, 0) is 9.59 Å². The molecule has 0 aromatic heterocycles. The number of hydrogen-bond acceptors (Lipinski definition) is 3. The van der Waals surface area contributed by atoms with Gasteiger partial charge in [0.1, 0.15) is 0 Å². The monoisotopic (exact) mass is 221 g/mol. The number of nitrogens with zero attached hydrogens (tertiary/aromatic N) is 1. The second-order valence-electron chi connectivity index (χ2n) is 3.20. The van der Waals surface area contributed by atoms with Crippen LogP contribution >= 0.6 is 0 Å². The van der Waals surface area contributed by atoms with E-state index in [1.807, 2.05) is 0 Å². The molecule has 5 heteroatoms. The van der Waals surface area contributed by atoms with E-state index < -0.39 is 17.4 Å². The van der Waals surface area contributed by atoms with E-state index in [-0.39, 0.29) is 5.57 Å². The molecule has 0 amide bonds. The van der Waals surface area contributed by atoms with Crippen molar-refractivity contribution in [1.29, 1.82) is 5.26 Å². The molecule has 0 aromatic rings. The van der Waals surface area contributed by atoms with Crippen LogP contribution in [0.4, 0.5) is 0 Å². The first-order chi connectivity index (χ1) is 7.33. The lowest BCUT2D eigenvalue weighted by Crippen LogP contribution is -2.19. The fourth-order valence-corrected chi connectivity index (χ4v) is 0.942. The van der Waals surface area contributed by atoms with Gasteiger partial charge >= 0.3 is 11.9 Å². The molecule has 84 valence electrons. The third-order valence-electron chi connectivity index (χ3n) is 1.98. The predicted molar refractivity (Wildman–Crippen MR) is 56.4 cm³/mol. The van der Waals surface area contributed by atoms with E-state index in [9.17, 15) is 9.59 Å². The van der Waals surface area contributed by atoms with Gasteiger partial charge in [0.25, 0.3) is 0 Å². The van der Waals surface area contributed by atoms with Crippen LogP contribution in [0.5, 0.6) is 0 Å². The molecule has 0 bridgehead atoms. The highest BCUT2D eigenvalue weighted by Gasteiger charge is 2.26. The Labute approximate surface area is 92.6 Å². The van der Waals surface area contributed by atoms with Crippen LogP contribution in [0.2, 0.25) is 0 Å². The Hall–Kier alpha value is -2.35. The number of carboxylic acid groups (broad SMARTS) is 2. The van der Waals surface area contributed by atoms with Crippen molar-refractivity contribution in [2.24, 2.45) is 5.41 Å². The van der Waals surface area contributed by atoms with E-state index in [1.165, 1.54) is 19.1 Å². The van der Waals surface area contributed by atoms with Crippen molar-refractivity contribution in [3.05, 3.63) is 36.5 Å². The maximum atomic E-state index is 10.8. The Balaban J connectivity index is 5.28. The molecule has 0 aromatic carbocycles. The highest BCUT2D eigenvalue weighted by molar-refractivity contribution is 5.89. The Morgan fingerprint density at radius 1 is 1.38 bits per heavy atom. The summed E-state index contributed by atoms with van der Waals surface area (Å²) in [5.74, 6) is -2.45. The molecule has 0 radical (unpaired) electrons. The molecule has 1 atom stereocenters. The molecule has 1 unspecified atom stereocenters. The second-order valence-corrected chi connectivity index (χ2v) is 3.20. The summed E-state index contributed by atoms with van der Waals surface area (Å²) in [6, 6.07) is 1.71. The molecular formula is C11H11NO4. The van der Waals surface area contributed by atoms with E-state index in [4.69, 9.17) is 15.5 Å². The van der Waals surface area contributed by atoms with Gasteiger partial charge in [-0.05, 0) is 6.92 Å². The minimum Gasteiger partial charge on any atom is -0.478 e. The maximum Gasteiger partial charge on any atom is 0.332 e. The third-order valence-corrected chi connectivity index (χ3v) is 1.98. The van der Waals surface area contributed by atoms with E-state index in [2.05, 4.69) is 6.58 Å². The van der Waals surface area contributed by atoms with Crippen LogP contribution in [0.25, 0.3) is 0 Å². The summed E-state index contributed by atoms with van der Waals surface area (Å²) in [5, 5.41) is 25.6. The highest BCUT2D eigenvalue weighted by Crippen LogP contribution is 2.29. The zero-order valence-corrected chi connectivity index (χ0v) is 8.67. The quantitative estimate of drug-likeness (QED) is 0.539. The van der Waals surface area contributed by atoms with Gasteiger partial charge in [-0.15, -0.1) is 0 Å². The van der Waals surface area contributed by atoms with Gasteiger partial charge in [0.15, 0.2) is 0 Å². The normalized spacial score (nSPS) is 14.5. The highest BCUT2D eigenvalue weighted by atomic mass is 16.4. The minimum absolute atomic E-state index is 0.212. The number of hydrogen-bond donors (Lipinski definition) is 2. The number of carboxylic acids is 2. The molecule has 0 saturated heterocycles. The summed E-state index contributed by atoms with van der Waals surface area (Å²) in [6.45, 7) is 4.81. The van der Waals surface area contributed by atoms with Crippen molar-refractivity contribution >= 4 is 11.9 Å². The second kappa shape index (κ2) is 5.51. The molecule has 16 heavy (non-hydrogen) atoms. The smallest absolute Gasteiger partial charge is 0.332 e. The summed E-state index contributed by atoms with van der Waals surface area (Å²) >= 11 is 0. The molecule has 5 nitrogen and oxygen atoms in total. The zero-order valence-electron chi connectivity index (χ0n) is 8.67. The van der Waals surface area contributed by atoms with Crippen LogP contribution < -0.4 is 0 Å². The average Bonchev–Trinajstić information content (AvgIpc) is 2.22. The average molecular weight is 221 g/mol. The maximum absolute atomic E-state index is 10.8. The first kappa shape index (κ1) is 13.7. The molecular weight excluding hydrogens is 210 g/mol. The van der Waals surface area contributed by atoms with Gasteiger partial charge < -0.3 is 10.2 Å². The molecule has 0 aliphatic heterocycles. The van der Waals surface area contributed by atoms with Crippen molar-refractivity contribution in [3.8, 4) is 6.07 Å². The molecule has 2 N–H and O–H groups in total. The van der Waals surface area contributed by atoms with Crippen LogP contribution in [0.1, 0.15) is 6.92 Å². The van der Waals surface area contributed by atoms with Crippen LogP contribution in [0.3, 0.4) is 0 Å². The van der Waals surface area contributed by atoms with Crippen molar-refractivity contribution in [2.75, 3.05) is 0 Å².